The molecule has 0 aliphatic carbocycles. The quantitative estimate of drug-likeness (QED) is 0.830. The summed E-state index contributed by atoms with van der Waals surface area (Å²) >= 11 is 0. The summed E-state index contributed by atoms with van der Waals surface area (Å²) in [6.45, 7) is 7.70. The van der Waals surface area contributed by atoms with Gasteiger partial charge in [0.1, 0.15) is 0 Å². The number of nitrogens with zero attached hydrogens (tertiary/aromatic N) is 1. The second-order valence-corrected chi connectivity index (χ2v) is 5.60. The molecule has 1 unspecified atom stereocenters. The molecule has 0 saturated heterocycles. The maximum absolute atomic E-state index is 3.62. The van der Waals surface area contributed by atoms with Gasteiger partial charge in [-0.25, -0.2) is 0 Å². The van der Waals surface area contributed by atoms with Crippen molar-refractivity contribution >= 4 is 10.8 Å². The molecule has 1 atom stereocenters. The van der Waals surface area contributed by atoms with Gasteiger partial charge in [0.25, 0.3) is 0 Å². The average Bonchev–Trinajstić information content (AvgIpc) is 2.47. The van der Waals surface area contributed by atoms with Gasteiger partial charge in [0.2, 0.25) is 0 Å². The van der Waals surface area contributed by atoms with Gasteiger partial charge < -0.3 is 10.2 Å². The van der Waals surface area contributed by atoms with Gasteiger partial charge in [-0.1, -0.05) is 49.4 Å². The van der Waals surface area contributed by atoms with Gasteiger partial charge in [-0.3, -0.25) is 0 Å². The van der Waals surface area contributed by atoms with Crippen LogP contribution in [0.3, 0.4) is 0 Å². The van der Waals surface area contributed by atoms with Crippen molar-refractivity contribution in [1.29, 1.82) is 0 Å². The van der Waals surface area contributed by atoms with E-state index in [0.717, 1.165) is 26.1 Å². The highest BCUT2D eigenvalue weighted by Crippen LogP contribution is 2.18. The largest absolute Gasteiger partial charge is 0.313 e. The SMILES string of the molecule is CCN(C)CC(C)NCCc1cccc2ccccc12. The molecule has 2 aromatic rings. The first-order valence-corrected chi connectivity index (χ1v) is 7.59. The van der Waals surface area contributed by atoms with E-state index in [1.807, 2.05) is 0 Å². The zero-order chi connectivity index (χ0) is 14.4. The van der Waals surface area contributed by atoms with E-state index in [0.29, 0.717) is 6.04 Å². The molecule has 0 heterocycles. The summed E-state index contributed by atoms with van der Waals surface area (Å²) in [4.78, 5) is 2.34. The van der Waals surface area contributed by atoms with Crippen LogP contribution in [0.5, 0.6) is 0 Å². The molecule has 2 rings (SSSR count). The first-order chi connectivity index (χ1) is 9.70. The number of benzene rings is 2. The highest BCUT2D eigenvalue weighted by atomic mass is 15.1. The standard InChI is InChI=1S/C18H26N2/c1-4-20(3)14-15(2)19-13-12-17-10-7-9-16-8-5-6-11-18(16)17/h5-11,15,19H,4,12-14H2,1-3H3. The van der Waals surface area contributed by atoms with Crippen molar-refractivity contribution in [2.45, 2.75) is 26.3 Å². The second kappa shape index (κ2) is 7.41. The Kier molecular flexibility index (Phi) is 5.57. The predicted octanol–water partition coefficient (Wildman–Crippen LogP) is 3.31. The Morgan fingerprint density at radius 1 is 1.10 bits per heavy atom. The first kappa shape index (κ1) is 15.0. The molecule has 2 nitrogen and oxygen atoms in total. The Balaban J connectivity index is 1.90. The third-order valence-electron chi connectivity index (χ3n) is 3.89. The summed E-state index contributed by atoms with van der Waals surface area (Å²) < 4.78 is 0. The Labute approximate surface area is 122 Å². The molecule has 0 amide bonds. The van der Waals surface area contributed by atoms with Crippen LogP contribution in [0.2, 0.25) is 0 Å². The van der Waals surface area contributed by atoms with E-state index in [-0.39, 0.29) is 0 Å². The van der Waals surface area contributed by atoms with Crippen LogP contribution >= 0.6 is 0 Å². The maximum Gasteiger partial charge on any atom is 0.0166 e. The molecule has 2 aromatic carbocycles. The lowest BCUT2D eigenvalue weighted by atomic mass is 10.0. The summed E-state index contributed by atoms with van der Waals surface area (Å²) in [6.07, 6.45) is 1.08. The molecule has 0 aliphatic heterocycles. The molecule has 0 spiro atoms. The smallest absolute Gasteiger partial charge is 0.0166 e. The van der Waals surface area contributed by atoms with Gasteiger partial charge in [0, 0.05) is 12.6 Å². The fraction of sp³-hybridized carbons (Fsp3) is 0.444. The van der Waals surface area contributed by atoms with Crippen LogP contribution in [-0.4, -0.2) is 37.6 Å². The van der Waals surface area contributed by atoms with E-state index in [1.54, 1.807) is 0 Å². The summed E-state index contributed by atoms with van der Waals surface area (Å²) in [5.74, 6) is 0. The molecule has 1 N–H and O–H groups in total. The number of nitrogens with one attached hydrogen (secondary N) is 1. The van der Waals surface area contributed by atoms with E-state index in [9.17, 15) is 0 Å². The molecular formula is C18H26N2. The molecule has 0 radical (unpaired) electrons. The predicted molar refractivity (Wildman–Crippen MR) is 88.3 cm³/mol. The number of fused-ring (bicyclic) bond motifs is 1. The molecule has 0 aliphatic rings. The topological polar surface area (TPSA) is 15.3 Å². The van der Waals surface area contributed by atoms with Gasteiger partial charge >= 0.3 is 0 Å². The number of hydrogen-bond donors (Lipinski definition) is 1. The van der Waals surface area contributed by atoms with Crippen LogP contribution in [0.15, 0.2) is 42.5 Å². The molecule has 108 valence electrons. The fourth-order valence-corrected chi connectivity index (χ4v) is 2.62. The minimum Gasteiger partial charge on any atom is -0.313 e. The number of likely N-dealkylation sites (N-methyl/N-ethyl adjacent to an activating group) is 1. The van der Waals surface area contributed by atoms with Crippen molar-refractivity contribution in [2.24, 2.45) is 0 Å². The Bertz CT molecular complexity index is 530. The third kappa shape index (κ3) is 4.06. The maximum atomic E-state index is 3.62. The monoisotopic (exact) mass is 270 g/mol. The molecule has 0 bridgehead atoms. The fourth-order valence-electron chi connectivity index (χ4n) is 2.62. The summed E-state index contributed by atoms with van der Waals surface area (Å²) in [5, 5.41) is 6.34. The van der Waals surface area contributed by atoms with Crippen LogP contribution in [0.25, 0.3) is 10.8 Å². The molecule has 0 aromatic heterocycles. The van der Waals surface area contributed by atoms with Crippen LogP contribution in [0, 0.1) is 0 Å². The highest BCUT2D eigenvalue weighted by molar-refractivity contribution is 5.85. The highest BCUT2D eigenvalue weighted by Gasteiger charge is 2.05. The van der Waals surface area contributed by atoms with Gasteiger partial charge in [-0.15, -0.1) is 0 Å². The van der Waals surface area contributed by atoms with Crippen molar-refractivity contribution in [1.82, 2.24) is 10.2 Å². The average molecular weight is 270 g/mol. The minimum atomic E-state index is 0.537. The lowest BCUT2D eigenvalue weighted by Gasteiger charge is -2.20. The first-order valence-electron chi connectivity index (χ1n) is 7.59. The van der Waals surface area contributed by atoms with E-state index >= 15 is 0 Å². The van der Waals surface area contributed by atoms with Crippen LogP contribution in [0.4, 0.5) is 0 Å². The lowest BCUT2D eigenvalue weighted by Crippen LogP contribution is -2.38. The van der Waals surface area contributed by atoms with Crippen LogP contribution in [-0.2, 0) is 6.42 Å². The minimum absolute atomic E-state index is 0.537. The molecule has 0 fully saturated rings. The molecular weight excluding hydrogens is 244 g/mol. The Morgan fingerprint density at radius 3 is 2.65 bits per heavy atom. The van der Waals surface area contributed by atoms with E-state index in [4.69, 9.17) is 0 Å². The zero-order valence-electron chi connectivity index (χ0n) is 12.9. The van der Waals surface area contributed by atoms with Crippen LogP contribution < -0.4 is 5.32 Å². The molecule has 20 heavy (non-hydrogen) atoms. The van der Waals surface area contributed by atoms with Gasteiger partial charge in [0.15, 0.2) is 0 Å². The normalized spacial score (nSPS) is 13.0. The number of rotatable bonds is 7. The summed E-state index contributed by atoms with van der Waals surface area (Å²) in [6, 6.07) is 15.8. The second-order valence-electron chi connectivity index (χ2n) is 5.60. The molecule has 0 saturated carbocycles. The van der Waals surface area contributed by atoms with Crippen molar-refractivity contribution in [3.63, 3.8) is 0 Å². The summed E-state index contributed by atoms with van der Waals surface area (Å²) in [5.41, 5.74) is 1.44. The van der Waals surface area contributed by atoms with E-state index < -0.39 is 0 Å². The van der Waals surface area contributed by atoms with Crippen molar-refractivity contribution < 1.29 is 0 Å². The zero-order valence-corrected chi connectivity index (χ0v) is 12.9. The molecule has 2 heteroatoms. The Hall–Kier alpha value is -1.38. The third-order valence-corrected chi connectivity index (χ3v) is 3.89. The number of hydrogen-bond acceptors (Lipinski definition) is 2. The Morgan fingerprint density at radius 2 is 1.85 bits per heavy atom. The van der Waals surface area contributed by atoms with Crippen molar-refractivity contribution in [2.75, 3.05) is 26.7 Å². The van der Waals surface area contributed by atoms with Gasteiger partial charge in [-0.05, 0) is 49.8 Å². The van der Waals surface area contributed by atoms with E-state index in [2.05, 4.69) is 73.6 Å². The van der Waals surface area contributed by atoms with Crippen molar-refractivity contribution in [3.8, 4) is 0 Å². The van der Waals surface area contributed by atoms with E-state index in [1.165, 1.54) is 16.3 Å². The van der Waals surface area contributed by atoms with Crippen LogP contribution in [0.1, 0.15) is 19.4 Å². The lowest BCUT2D eigenvalue weighted by molar-refractivity contribution is 0.311. The van der Waals surface area contributed by atoms with Gasteiger partial charge in [0.05, 0.1) is 0 Å². The van der Waals surface area contributed by atoms with Gasteiger partial charge in [-0.2, -0.15) is 0 Å². The summed E-state index contributed by atoms with van der Waals surface area (Å²) in [7, 11) is 2.17. The van der Waals surface area contributed by atoms with Crippen molar-refractivity contribution in [3.05, 3.63) is 48.0 Å².